The van der Waals surface area contributed by atoms with Crippen LogP contribution in [-0.4, -0.2) is 9.55 Å². The average molecular weight is 275 g/mol. The zero-order valence-electron chi connectivity index (χ0n) is 9.84. The molecular formula is C13H10FN3OS. The summed E-state index contributed by atoms with van der Waals surface area (Å²) in [5, 5.41) is 1.83. The Balaban J connectivity index is 2.05. The molecule has 0 radical (unpaired) electrons. The molecule has 0 atom stereocenters. The van der Waals surface area contributed by atoms with Crippen molar-refractivity contribution in [1.29, 1.82) is 0 Å². The van der Waals surface area contributed by atoms with Crippen LogP contribution < -0.4 is 11.3 Å². The van der Waals surface area contributed by atoms with Crippen LogP contribution in [0.15, 0.2) is 40.8 Å². The van der Waals surface area contributed by atoms with Crippen molar-refractivity contribution in [3.63, 3.8) is 0 Å². The lowest BCUT2D eigenvalue weighted by Crippen LogP contribution is -2.20. The van der Waals surface area contributed by atoms with E-state index in [0.29, 0.717) is 21.5 Å². The van der Waals surface area contributed by atoms with Crippen LogP contribution in [0.2, 0.25) is 0 Å². The molecule has 2 heterocycles. The number of nitrogens with two attached hydrogens (primary N) is 1. The molecule has 0 spiro atoms. The third kappa shape index (κ3) is 2.10. The molecule has 2 N–H and O–H groups in total. The highest BCUT2D eigenvalue weighted by atomic mass is 32.1. The summed E-state index contributed by atoms with van der Waals surface area (Å²) in [7, 11) is 0. The Kier molecular flexibility index (Phi) is 2.79. The van der Waals surface area contributed by atoms with Crippen LogP contribution in [0.3, 0.4) is 0 Å². The van der Waals surface area contributed by atoms with Crippen LogP contribution in [0.4, 0.5) is 10.1 Å². The second-order valence-electron chi connectivity index (χ2n) is 4.16. The third-order valence-electron chi connectivity index (χ3n) is 2.88. The van der Waals surface area contributed by atoms with Crippen molar-refractivity contribution in [2.75, 3.05) is 5.73 Å². The quantitative estimate of drug-likeness (QED) is 0.729. The van der Waals surface area contributed by atoms with Crippen LogP contribution in [0.5, 0.6) is 0 Å². The SMILES string of the molecule is Nc1cc(F)ccc1Cn1cnc2ccsc2c1=O. The van der Waals surface area contributed by atoms with Gasteiger partial charge in [0.25, 0.3) is 5.56 Å². The normalized spacial score (nSPS) is 11.0. The van der Waals surface area contributed by atoms with Gasteiger partial charge in [0.15, 0.2) is 0 Å². The molecule has 0 aliphatic rings. The van der Waals surface area contributed by atoms with Crippen molar-refractivity contribution < 1.29 is 4.39 Å². The molecule has 6 heteroatoms. The summed E-state index contributed by atoms with van der Waals surface area (Å²) in [4.78, 5) is 16.4. The summed E-state index contributed by atoms with van der Waals surface area (Å²) in [6.07, 6.45) is 1.49. The Morgan fingerprint density at radius 3 is 3.00 bits per heavy atom. The van der Waals surface area contributed by atoms with Crippen molar-refractivity contribution >= 4 is 27.2 Å². The lowest BCUT2D eigenvalue weighted by atomic mass is 10.2. The molecule has 3 rings (SSSR count). The maximum absolute atomic E-state index is 13.0. The van der Waals surface area contributed by atoms with E-state index in [1.807, 2.05) is 5.38 Å². The molecule has 2 aromatic heterocycles. The maximum atomic E-state index is 13.0. The van der Waals surface area contributed by atoms with Gasteiger partial charge in [0.2, 0.25) is 0 Å². The highest BCUT2D eigenvalue weighted by Crippen LogP contribution is 2.16. The summed E-state index contributed by atoms with van der Waals surface area (Å²) in [6.45, 7) is 0.284. The van der Waals surface area contributed by atoms with Gasteiger partial charge in [0.1, 0.15) is 10.5 Å². The summed E-state index contributed by atoms with van der Waals surface area (Å²) >= 11 is 1.36. The van der Waals surface area contributed by atoms with E-state index >= 15 is 0 Å². The summed E-state index contributed by atoms with van der Waals surface area (Å²) in [5.74, 6) is -0.388. The van der Waals surface area contributed by atoms with E-state index in [9.17, 15) is 9.18 Å². The number of fused-ring (bicyclic) bond motifs is 1. The second kappa shape index (κ2) is 4.47. The minimum Gasteiger partial charge on any atom is -0.398 e. The van der Waals surface area contributed by atoms with Crippen molar-refractivity contribution in [2.24, 2.45) is 0 Å². The van der Waals surface area contributed by atoms with Crippen LogP contribution in [-0.2, 0) is 6.54 Å². The Hall–Kier alpha value is -2.21. The highest BCUT2D eigenvalue weighted by Gasteiger charge is 2.07. The molecule has 3 aromatic rings. The van der Waals surface area contributed by atoms with E-state index in [-0.39, 0.29) is 17.9 Å². The number of aromatic nitrogens is 2. The summed E-state index contributed by atoms with van der Waals surface area (Å²) < 4.78 is 15.1. The van der Waals surface area contributed by atoms with Gasteiger partial charge >= 0.3 is 0 Å². The van der Waals surface area contributed by atoms with Crippen LogP contribution in [0.1, 0.15) is 5.56 Å². The van der Waals surface area contributed by atoms with Crippen LogP contribution in [0, 0.1) is 5.82 Å². The van der Waals surface area contributed by atoms with Gasteiger partial charge in [-0.15, -0.1) is 11.3 Å². The predicted octanol–water partition coefficient (Wildman–Crippen LogP) is 2.23. The fourth-order valence-electron chi connectivity index (χ4n) is 1.88. The molecule has 0 bridgehead atoms. The number of halogens is 1. The molecule has 0 aliphatic carbocycles. The molecule has 1 aromatic carbocycles. The number of anilines is 1. The fraction of sp³-hybridized carbons (Fsp3) is 0.0769. The highest BCUT2D eigenvalue weighted by molar-refractivity contribution is 7.17. The summed E-state index contributed by atoms with van der Waals surface area (Å²) in [5.41, 5.74) is 7.35. The maximum Gasteiger partial charge on any atom is 0.271 e. The molecular weight excluding hydrogens is 265 g/mol. The number of thiophene rings is 1. The number of nitrogens with zero attached hydrogens (tertiary/aromatic N) is 2. The fourth-order valence-corrected chi connectivity index (χ4v) is 2.68. The Labute approximate surface area is 111 Å². The number of hydrogen-bond donors (Lipinski definition) is 1. The number of hydrogen-bond acceptors (Lipinski definition) is 4. The van der Waals surface area contributed by atoms with Gasteiger partial charge in [-0.3, -0.25) is 9.36 Å². The number of rotatable bonds is 2. The van der Waals surface area contributed by atoms with E-state index in [0.717, 1.165) is 0 Å². The van der Waals surface area contributed by atoms with E-state index in [4.69, 9.17) is 5.73 Å². The second-order valence-corrected chi connectivity index (χ2v) is 5.07. The zero-order chi connectivity index (χ0) is 13.4. The molecule has 4 nitrogen and oxygen atoms in total. The van der Waals surface area contributed by atoms with Gasteiger partial charge in [-0.2, -0.15) is 0 Å². The average Bonchev–Trinajstić information content (AvgIpc) is 2.85. The first-order chi connectivity index (χ1) is 9.15. The van der Waals surface area contributed by atoms with Crippen molar-refractivity contribution in [2.45, 2.75) is 6.54 Å². The Bertz CT molecular complexity index is 809. The Morgan fingerprint density at radius 1 is 1.37 bits per heavy atom. The van der Waals surface area contributed by atoms with E-state index < -0.39 is 0 Å². The molecule has 19 heavy (non-hydrogen) atoms. The predicted molar refractivity (Wildman–Crippen MR) is 73.8 cm³/mol. The van der Waals surface area contributed by atoms with Gasteiger partial charge < -0.3 is 5.73 Å². The van der Waals surface area contributed by atoms with Crippen LogP contribution in [0.25, 0.3) is 10.2 Å². The van der Waals surface area contributed by atoms with Crippen LogP contribution >= 0.6 is 11.3 Å². The number of benzene rings is 1. The topological polar surface area (TPSA) is 60.9 Å². The standard InChI is InChI=1S/C13H10FN3OS/c14-9-2-1-8(10(15)5-9)6-17-7-16-11-3-4-19-12(11)13(17)18/h1-5,7H,6,15H2. The first kappa shape index (κ1) is 11.9. The van der Waals surface area contributed by atoms with Crippen molar-refractivity contribution in [3.8, 4) is 0 Å². The van der Waals surface area contributed by atoms with Gasteiger partial charge in [-0.1, -0.05) is 6.07 Å². The van der Waals surface area contributed by atoms with E-state index in [1.165, 1.54) is 34.4 Å². The molecule has 0 aliphatic heterocycles. The minimum absolute atomic E-state index is 0.108. The first-order valence-electron chi connectivity index (χ1n) is 5.62. The molecule has 0 fully saturated rings. The zero-order valence-corrected chi connectivity index (χ0v) is 10.7. The van der Waals surface area contributed by atoms with Gasteiger partial charge in [-0.25, -0.2) is 9.37 Å². The van der Waals surface area contributed by atoms with Gasteiger partial charge in [-0.05, 0) is 29.1 Å². The lowest BCUT2D eigenvalue weighted by molar-refractivity contribution is 0.627. The van der Waals surface area contributed by atoms with Crippen molar-refractivity contribution in [3.05, 3.63) is 57.7 Å². The lowest BCUT2D eigenvalue weighted by Gasteiger charge is -2.08. The van der Waals surface area contributed by atoms with E-state index in [2.05, 4.69) is 4.98 Å². The molecule has 96 valence electrons. The molecule has 0 amide bonds. The monoisotopic (exact) mass is 275 g/mol. The third-order valence-corrected chi connectivity index (χ3v) is 3.78. The van der Waals surface area contributed by atoms with Crippen molar-refractivity contribution in [1.82, 2.24) is 9.55 Å². The first-order valence-corrected chi connectivity index (χ1v) is 6.49. The number of nitrogen functional groups attached to an aromatic ring is 1. The molecule has 0 saturated heterocycles. The summed E-state index contributed by atoms with van der Waals surface area (Å²) in [6, 6.07) is 5.96. The van der Waals surface area contributed by atoms with E-state index in [1.54, 1.807) is 12.1 Å². The Morgan fingerprint density at radius 2 is 2.21 bits per heavy atom. The van der Waals surface area contributed by atoms with Gasteiger partial charge in [0.05, 0.1) is 18.4 Å². The molecule has 0 saturated carbocycles. The van der Waals surface area contributed by atoms with Gasteiger partial charge in [0, 0.05) is 5.69 Å². The minimum atomic E-state index is -0.388. The largest absolute Gasteiger partial charge is 0.398 e. The molecule has 0 unspecified atom stereocenters. The smallest absolute Gasteiger partial charge is 0.271 e.